The number of carbonyl (C=O) groups excluding carboxylic acids is 1. The van der Waals surface area contributed by atoms with Crippen molar-refractivity contribution in [2.75, 3.05) is 35.5 Å². The molecule has 12 heteroatoms. The van der Waals surface area contributed by atoms with E-state index in [1.54, 1.807) is 24.1 Å². The molecule has 1 amide bonds. The third-order valence-electron chi connectivity index (χ3n) is 4.80. The fraction of sp³-hybridized carbons (Fsp3) is 0.429. The highest BCUT2D eigenvalue weighted by atomic mass is 32.2. The average Bonchev–Trinajstić information content (AvgIpc) is 3.20. The van der Waals surface area contributed by atoms with E-state index in [0.717, 1.165) is 30.1 Å². The van der Waals surface area contributed by atoms with E-state index in [0.29, 0.717) is 12.8 Å². The molecule has 178 valence electrons. The molecule has 33 heavy (non-hydrogen) atoms. The monoisotopic (exact) mass is 501 g/mol. The summed E-state index contributed by atoms with van der Waals surface area (Å²) in [6.45, 7) is 1.65. The summed E-state index contributed by atoms with van der Waals surface area (Å²) in [5, 5.41) is 12.1. The normalized spacial score (nSPS) is 17.7. The molecule has 0 spiro atoms. The highest BCUT2D eigenvalue weighted by molar-refractivity contribution is 8.00. The maximum atomic E-state index is 13.5. The zero-order valence-electron chi connectivity index (χ0n) is 18.5. The van der Waals surface area contributed by atoms with Gasteiger partial charge in [-0.05, 0) is 56.7 Å². The number of thioether (sulfide) groups is 2. The Morgan fingerprint density at radius 1 is 1.30 bits per heavy atom. The number of anilines is 2. The molecule has 3 rings (SSSR count). The zero-order valence-corrected chi connectivity index (χ0v) is 20.1. The second-order valence-corrected chi connectivity index (χ2v) is 8.99. The fourth-order valence-electron chi connectivity index (χ4n) is 3.46. The Balaban J connectivity index is 0.00000122. The van der Waals surface area contributed by atoms with Crippen molar-refractivity contribution in [3.05, 3.63) is 47.0 Å². The number of aryl methyl sites for hydroxylation is 1. The summed E-state index contributed by atoms with van der Waals surface area (Å²) in [6, 6.07) is 4.85. The number of amides is 1. The van der Waals surface area contributed by atoms with Crippen LogP contribution < -0.4 is 10.2 Å². The van der Waals surface area contributed by atoms with Crippen LogP contribution >= 0.6 is 23.5 Å². The van der Waals surface area contributed by atoms with Gasteiger partial charge < -0.3 is 10.2 Å². The van der Waals surface area contributed by atoms with Crippen LogP contribution in [0.3, 0.4) is 0 Å². The molecule has 1 aliphatic heterocycles. The molecule has 0 unspecified atom stereocenters. The van der Waals surface area contributed by atoms with Crippen molar-refractivity contribution >= 4 is 41.1 Å². The first-order chi connectivity index (χ1) is 15.5. The second-order valence-electron chi connectivity index (χ2n) is 7.09. The maximum Gasteiger partial charge on any atom is 0.417 e. The molecule has 0 bridgehead atoms. The Morgan fingerprint density at radius 3 is 2.48 bits per heavy atom. The Hall–Kier alpha value is -2.52. The van der Waals surface area contributed by atoms with Crippen LogP contribution in [0.5, 0.6) is 0 Å². The number of aromatic nitrogens is 2. The van der Waals surface area contributed by atoms with Crippen molar-refractivity contribution < 1.29 is 22.4 Å². The van der Waals surface area contributed by atoms with Gasteiger partial charge in [0.2, 0.25) is 0 Å². The van der Waals surface area contributed by atoms with Crippen LogP contribution in [0, 0.1) is 24.1 Å². The molecule has 1 N–H and O–H groups in total. The van der Waals surface area contributed by atoms with Crippen molar-refractivity contribution in [1.29, 1.82) is 5.26 Å². The van der Waals surface area contributed by atoms with E-state index in [-0.39, 0.29) is 23.9 Å². The van der Waals surface area contributed by atoms with E-state index < -0.39 is 33.9 Å². The number of pyridine rings is 2. The predicted octanol–water partition coefficient (Wildman–Crippen LogP) is 5.09. The SMILES string of the molecule is CSC.CS[C@@]1(C(=O)Nc2ccc(F)cn2)CCCN1c1nc(C)cc(C(F)(F)F)c1C#N. The smallest absolute Gasteiger partial charge is 0.333 e. The highest BCUT2D eigenvalue weighted by Crippen LogP contribution is 2.44. The molecule has 3 heterocycles. The standard InChI is InChI=1S/C19H17F4N5OS.C2H6S/c1-11-8-14(19(21,22)23)13(9-24)16(26-11)28-7-3-6-18(28,30-2)17(29)27-15-5-4-12(20)10-25-15;1-3-2/h4-5,8,10H,3,6-7H2,1-2H3,(H,25,27,29);1-2H3/t18-;/m1./s1. The third kappa shape index (κ3) is 5.89. The van der Waals surface area contributed by atoms with Crippen LogP contribution in [0.1, 0.15) is 29.7 Å². The number of nitrogens with zero attached hydrogens (tertiary/aromatic N) is 4. The van der Waals surface area contributed by atoms with Crippen LogP contribution in [0.25, 0.3) is 0 Å². The topological polar surface area (TPSA) is 81.9 Å². The first-order valence-electron chi connectivity index (χ1n) is 9.69. The van der Waals surface area contributed by atoms with Gasteiger partial charge in [-0.25, -0.2) is 14.4 Å². The Bertz CT molecular complexity index is 1030. The minimum Gasteiger partial charge on any atom is -0.333 e. The van der Waals surface area contributed by atoms with Gasteiger partial charge in [-0.2, -0.15) is 30.2 Å². The number of hydrogen-bond donors (Lipinski definition) is 1. The lowest BCUT2D eigenvalue weighted by Crippen LogP contribution is -2.51. The van der Waals surface area contributed by atoms with Gasteiger partial charge in [0.15, 0.2) is 4.87 Å². The molecule has 1 fully saturated rings. The fourth-order valence-corrected chi connectivity index (χ4v) is 4.44. The molecule has 1 atom stereocenters. The van der Waals surface area contributed by atoms with E-state index in [1.807, 2.05) is 12.5 Å². The summed E-state index contributed by atoms with van der Waals surface area (Å²) in [7, 11) is 0. The Labute approximate surface area is 198 Å². The largest absolute Gasteiger partial charge is 0.417 e. The molecule has 0 aromatic carbocycles. The van der Waals surface area contributed by atoms with Crippen LogP contribution in [0.15, 0.2) is 24.4 Å². The number of hydrogen-bond acceptors (Lipinski definition) is 7. The lowest BCUT2D eigenvalue weighted by atomic mass is 10.1. The van der Waals surface area contributed by atoms with Crippen LogP contribution in [0.4, 0.5) is 29.2 Å². The lowest BCUT2D eigenvalue weighted by molar-refractivity contribution is -0.137. The van der Waals surface area contributed by atoms with Crippen molar-refractivity contribution in [3.63, 3.8) is 0 Å². The summed E-state index contributed by atoms with van der Waals surface area (Å²) in [6.07, 6.45) is 2.77. The lowest BCUT2D eigenvalue weighted by Gasteiger charge is -2.37. The van der Waals surface area contributed by atoms with Crippen LogP contribution in [0.2, 0.25) is 0 Å². The minimum atomic E-state index is -4.74. The summed E-state index contributed by atoms with van der Waals surface area (Å²) >= 11 is 2.88. The van der Waals surface area contributed by atoms with Crippen molar-refractivity contribution in [2.45, 2.75) is 30.8 Å². The summed E-state index contributed by atoms with van der Waals surface area (Å²) < 4.78 is 53.6. The van der Waals surface area contributed by atoms with Gasteiger partial charge >= 0.3 is 6.18 Å². The van der Waals surface area contributed by atoms with Crippen molar-refractivity contribution in [2.24, 2.45) is 0 Å². The van der Waals surface area contributed by atoms with E-state index in [4.69, 9.17) is 0 Å². The van der Waals surface area contributed by atoms with Gasteiger partial charge in [0.1, 0.15) is 29.1 Å². The molecular weight excluding hydrogens is 478 g/mol. The molecule has 0 aliphatic carbocycles. The molecule has 2 aromatic heterocycles. The van der Waals surface area contributed by atoms with Crippen molar-refractivity contribution in [3.8, 4) is 6.07 Å². The highest BCUT2D eigenvalue weighted by Gasteiger charge is 2.49. The minimum absolute atomic E-state index is 0.0823. The molecule has 0 saturated carbocycles. The van der Waals surface area contributed by atoms with E-state index in [9.17, 15) is 27.6 Å². The molecular formula is C21H23F4N5OS2. The summed E-state index contributed by atoms with van der Waals surface area (Å²) in [4.78, 5) is 21.3. The first-order valence-corrected chi connectivity index (χ1v) is 12.5. The number of carbonyl (C=O) groups is 1. The van der Waals surface area contributed by atoms with Gasteiger partial charge in [-0.1, -0.05) is 0 Å². The van der Waals surface area contributed by atoms with Crippen LogP contribution in [-0.2, 0) is 11.0 Å². The molecule has 1 aliphatic rings. The first kappa shape index (κ1) is 26.7. The number of nitriles is 1. The predicted molar refractivity (Wildman–Crippen MR) is 124 cm³/mol. The Morgan fingerprint density at radius 2 is 1.97 bits per heavy atom. The van der Waals surface area contributed by atoms with E-state index in [1.165, 1.54) is 17.9 Å². The van der Waals surface area contributed by atoms with Gasteiger partial charge in [0.25, 0.3) is 5.91 Å². The van der Waals surface area contributed by atoms with Gasteiger partial charge in [0, 0.05) is 12.2 Å². The number of halogens is 4. The second kappa shape index (κ2) is 11.1. The van der Waals surface area contributed by atoms with Crippen molar-refractivity contribution in [1.82, 2.24) is 9.97 Å². The van der Waals surface area contributed by atoms with E-state index in [2.05, 4.69) is 15.3 Å². The summed E-state index contributed by atoms with van der Waals surface area (Å²) in [5.74, 6) is -1.18. The van der Waals surface area contributed by atoms with Gasteiger partial charge in [-0.15, -0.1) is 11.8 Å². The maximum absolute atomic E-state index is 13.5. The zero-order chi connectivity index (χ0) is 24.8. The Kier molecular flexibility index (Phi) is 8.97. The number of rotatable bonds is 4. The van der Waals surface area contributed by atoms with E-state index >= 15 is 0 Å². The molecule has 6 nitrogen and oxygen atoms in total. The summed E-state index contributed by atoms with van der Waals surface area (Å²) in [5.41, 5.74) is -1.63. The van der Waals surface area contributed by atoms with Gasteiger partial charge in [0.05, 0.1) is 11.8 Å². The number of alkyl halides is 3. The molecule has 1 saturated heterocycles. The average molecular weight is 502 g/mol. The van der Waals surface area contributed by atoms with Crippen LogP contribution in [-0.4, -0.2) is 46.1 Å². The molecule has 2 aromatic rings. The number of nitrogens with one attached hydrogen (secondary N) is 1. The van der Waals surface area contributed by atoms with Gasteiger partial charge in [-0.3, -0.25) is 4.79 Å². The quantitative estimate of drug-likeness (QED) is 0.584. The third-order valence-corrected chi connectivity index (χ3v) is 6.08. The molecule has 0 radical (unpaired) electrons.